The maximum absolute atomic E-state index is 11.8. The standard InChI is InChI=1S/C10H21N3O2/c1-3-4-5-13(7-9(12)14)10(15)8(2)6-11/h8H,3-7,11H2,1-2H3,(H2,12,14). The first kappa shape index (κ1) is 13.9. The van der Waals surface area contributed by atoms with Gasteiger partial charge in [-0.3, -0.25) is 9.59 Å². The van der Waals surface area contributed by atoms with Gasteiger partial charge in [0, 0.05) is 19.0 Å². The van der Waals surface area contributed by atoms with E-state index in [1.807, 2.05) is 6.92 Å². The van der Waals surface area contributed by atoms with Gasteiger partial charge in [-0.05, 0) is 6.42 Å². The second-order valence-corrected chi connectivity index (χ2v) is 3.72. The van der Waals surface area contributed by atoms with Crippen molar-refractivity contribution in [2.24, 2.45) is 17.4 Å². The third-order valence-electron chi connectivity index (χ3n) is 2.22. The van der Waals surface area contributed by atoms with Crippen molar-refractivity contribution in [3.63, 3.8) is 0 Å². The van der Waals surface area contributed by atoms with Crippen LogP contribution in [0.1, 0.15) is 26.7 Å². The van der Waals surface area contributed by atoms with Crippen molar-refractivity contribution in [1.82, 2.24) is 4.90 Å². The largest absolute Gasteiger partial charge is 0.368 e. The first-order chi connectivity index (χ1) is 7.02. The molecule has 0 aromatic heterocycles. The van der Waals surface area contributed by atoms with E-state index in [2.05, 4.69) is 0 Å². The lowest BCUT2D eigenvalue weighted by Crippen LogP contribution is -2.43. The van der Waals surface area contributed by atoms with Crippen molar-refractivity contribution < 1.29 is 9.59 Å². The highest BCUT2D eigenvalue weighted by Gasteiger charge is 2.20. The Morgan fingerprint density at radius 2 is 2.00 bits per heavy atom. The van der Waals surface area contributed by atoms with E-state index in [9.17, 15) is 9.59 Å². The molecule has 0 aliphatic rings. The molecule has 88 valence electrons. The predicted octanol–water partition coefficient (Wildman–Crippen LogP) is -0.305. The molecule has 0 saturated heterocycles. The summed E-state index contributed by atoms with van der Waals surface area (Å²) in [6, 6.07) is 0. The lowest BCUT2D eigenvalue weighted by Gasteiger charge is -2.23. The van der Waals surface area contributed by atoms with E-state index in [1.54, 1.807) is 6.92 Å². The summed E-state index contributed by atoms with van der Waals surface area (Å²) in [5.74, 6) is -0.824. The lowest BCUT2D eigenvalue weighted by molar-refractivity contribution is -0.138. The van der Waals surface area contributed by atoms with Gasteiger partial charge in [-0.1, -0.05) is 20.3 Å². The second kappa shape index (κ2) is 7.23. The molecule has 0 spiro atoms. The molecule has 2 amide bonds. The zero-order valence-corrected chi connectivity index (χ0v) is 9.53. The van der Waals surface area contributed by atoms with Crippen LogP contribution in [-0.4, -0.2) is 36.3 Å². The van der Waals surface area contributed by atoms with Gasteiger partial charge in [0.25, 0.3) is 0 Å². The fraction of sp³-hybridized carbons (Fsp3) is 0.800. The van der Waals surface area contributed by atoms with Gasteiger partial charge < -0.3 is 16.4 Å². The van der Waals surface area contributed by atoms with Gasteiger partial charge in [0.15, 0.2) is 0 Å². The number of primary amides is 1. The number of carbonyl (C=O) groups is 2. The smallest absolute Gasteiger partial charge is 0.237 e. The van der Waals surface area contributed by atoms with Gasteiger partial charge in [0.1, 0.15) is 0 Å². The molecule has 0 bridgehead atoms. The molecule has 0 aromatic rings. The molecule has 5 heteroatoms. The minimum Gasteiger partial charge on any atom is -0.368 e. The zero-order chi connectivity index (χ0) is 11.8. The van der Waals surface area contributed by atoms with Crippen LogP contribution in [-0.2, 0) is 9.59 Å². The Kier molecular flexibility index (Phi) is 6.70. The normalized spacial score (nSPS) is 12.2. The van der Waals surface area contributed by atoms with Crippen molar-refractivity contribution in [1.29, 1.82) is 0 Å². The molecule has 0 aliphatic heterocycles. The van der Waals surface area contributed by atoms with Crippen molar-refractivity contribution in [3.8, 4) is 0 Å². The molecule has 4 N–H and O–H groups in total. The van der Waals surface area contributed by atoms with Gasteiger partial charge in [-0.2, -0.15) is 0 Å². The van der Waals surface area contributed by atoms with Crippen LogP contribution in [0.15, 0.2) is 0 Å². The monoisotopic (exact) mass is 215 g/mol. The number of unbranched alkanes of at least 4 members (excludes halogenated alkanes) is 1. The molecule has 0 heterocycles. The number of hydrogen-bond acceptors (Lipinski definition) is 3. The molecule has 0 rings (SSSR count). The Labute approximate surface area is 90.8 Å². The van der Waals surface area contributed by atoms with E-state index in [0.29, 0.717) is 13.1 Å². The van der Waals surface area contributed by atoms with Crippen LogP contribution < -0.4 is 11.5 Å². The number of nitrogens with two attached hydrogens (primary N) is 2. The van der Waals surface area contributed by atoms with Gasteiger partial charge in [0.2, 0.25) is 11.8 Å². The molecular weight excluding hydrogens is 194 g/mol. The lowest BCUT2D eigenvalue weighted by atomic mass is 10.1. The Morgan fingerprint density at radius 3 is 2.40 bits per heavy atom. The number of rotatable bonds is 7. The van der Waals surface area contributed by atoms with Gasteiger partial charge in [-0.15, -0.1) is 0 Å². The number of amides is 2. The first-order valence-corrected chi connectivity index (χ1v) is 5.30. The maximum atomic E-state index is 11.8. The molecule has 1 atom stereocenters. The number of hydrogen-bond donors (Lipinski definition) is 2. The molecule has 15 heavy (non-hydrogen) atoms. The van der Waals surface area contributed by atoms with Gasteiger partial charge in [0.05, 0.1) is 6.54 Å². The van der Waals surface area contributed by atoms with Crippen LogP contribution >= 0.6 is 0 Å². The zero-order valence-electron chi connectivity index (χ0n) is 9.53. The quantitative estimate of drug-likeness (QED) is 0.610. The van der Waals surface area contributed by atoms with Gasteiger partial charge >= 0.3 is 0 Å². The van der Waals surface area contributed by atoms with Crippen LogP contribution in [0, 0.1) is 5.92 Å². The average Bonchev–Trinajstić information content (AvgIpc) is 2.21. The Balaban J connectivity index is 4.32. The molecule has 0 saturated carbocycles. The first-order valence-electron chi connectivity index (χ1n) is 5.30. The van der Waals surface area contributed by atoms with E-state index >= 15 is 0 Å². The van der Waals surface area contributed by atoms with Gasteiger partial charge in [-0.25, -0.2) is 0 Å². The molecule has 0 aromatic carbocycles. The summed E-state index contributed by atoms with van der Waals surface area (Å²) in [6.07, 6.45) is 1.84. The van der Waals surface area contributed by atoms with Crippen LogP contribution in [0.3, 0.4) is 0 Å². The molecule has 1 unspecified atom stereocenters. The summed E-state index contributed by atoms with van der Waals surface area (Å²) < 4.78 is 0. The minimum atomic E-state index is -0.483. The molecular formula is C10H21N3O2. The third kappa shape index (κ3) is 5.37. The summed E-state index contributed by atoms with van der Waals surface area (Å²) in [6.45, 7) is 4.63. The third-order valence-corrected chi connectivity index (χ3v) is 2.22. The summed E-state index contributed by atoms with van der Waals surface area (Å²) in [5.41, 5.74) is 10.5. The fourth-order valence-corrected chi connectivity index (χ4v) is 1.22. The minimum absolute atomic E-state index is 0.0107. The van der Waals surface area contributed by atoms with E-state index in [4.69, 9.17) is 11.5 Å². The second-order valence-electron chi connectivity index (χ2n) is 3.72. The van der Waals surface area contributed by atoms with E-state index in [0.717, 1.165) is 12.8 Å². The highest BCUT2D eigenvalue weighted by molar-refractivity contribution is 5.85. The Morgan fingerprint density at radius 1 is 1.40 bits per heavy atom. The fourth-order valence-electron chi connectivity index (χ4n) is 1.22. The van der Waals surface area contributed by atoms with Crippen LogP contribution in [0.4, 0.5) is 0 Å². The van der Waals surface area contributed by atoms with Crippen LogP contribution in [0.5, 0.6) is 0 Å². The van der Waals surface area contributed by atoms with Crippen molar-refractivity contribution in [2.45, 2.75) is 26.7 Å². The highest BCUT2D eigenvalue weighted by atomic mass is 16.2. The van der Waals surface area contributed by atoms with E-state index < -0.39 is 5.91 Å². The van der Waals surface area contributed by atoms with E-state index in [1.165, 1.54) is 4.90 Å². The van der Waals surface area contributed by atoms with Crippen LogP contribution in [0.25, 0.3) is 0 Å². The van der Waals surface area contributed by atoms with Crippen molar-refractivity contribution in [3.05, 3.63) is 0 Å². The molecule has 0 radical (unpaired) electrons. The van der Waals surface area contributed by atoms with Crippen molar-refractivity contribution in [2.75, 3.05) is 19.6 Å². The SMILES string of the molecule is CCCCN(CC(N)=O)C(=O)C(C)CN. The highest BCUT2D eigenvalue weighted by Crippen LogP contribution is 2.03. The summed E-state index contributed by atoms with van der Waals surface area (Å²) in [7, 11) is 0. The number of carbonyl (C=O) groups excluding carboxylic acids is 2. The maximum Gasteiger partial charge on any atom is 0.237 e. The van der Waals surface area contributed by atoms with E-state index in [-0.39, 0.29) is 18.4 Å². The summed E-state index contributed by atoms with van der Waals surface area (Å²) in [4.78, 5) is 24.0. The number of nitrogens with zero attached hydrogens (tertiary/aromatic N) is 1. The Hall–Kier alpha value is -1.10. The summed E-state index contributed by atoms with van der Waals surface area (Å²) in [5, 5.41) is 0. The molecule has 5 nitrogen and oxygen atoms in total. The summed E-state index contributed by atoms with van der Waals surface area (Å²) >= 11 is 0. The predicted molar refractivity (Wildman–Crippen MR) is 58.9 cm³/mol. The van der Waals surface area contributed by atoms with Crippen LogP contribution in [0.2, 0.25) is 0 Å². The van der Waals surface area contributed by atoms with Crippen molar-refractivity contribution >= 4 is 11.8 Å². The Bertz CT molecular complexity index is 219. The molecule has 0 aliphatic carbocycles. The molecule has 0 fully saturated rings. The topological polar surface area (TPSA) is 89.4 Å². The average molecular weight is 215 g/mol.